The lowest BCUT2D eigenvalue weighted by Gasteiger charge is -2.47. The van der Waals surface area contributed by atoms with Crippen LogP contribution >= 0.6 is 0 Å². The summed E-state index contributed by atoms with van der Waals surface area (Å²) in [6.45, 7) is 13.8. The number of carbonyl (C=O) groups excluding carboxylic acids is 4. The van der Waals surface area contributed by atoms with Gasteiger partial charge in [0.05, 0.1) is 24.4 Å². The zero-order chi connectivity index (χ0) is 41.3. The van der Waals surface area contributed by atoms with Crippen molar-refractivity contribution in [2.75, 3.05) is 27.9 Å². The Balaban J connectivity index is 1.76. The quantitative estimate of drug-likeness (QED) is 0.194. The van der Waals surface area contributed by atoms with E-state index in [1.165, 1.54) is 4.90 Å². The number of ether oxygens (including phenoxy) is 5. The summed E-state index contributed by atoms with van der Waals surface area (Å²) in [4.78, 5) is 57.7. The van der Waals surface area contributed by atoms with Crippen LogP contribution in [0.4, 0.5) is 0 Å². The van der Waals surface area contributed by atoms with Gasteiger partial charge in [0, 0.05) is 52.0 Å². The molecule has 2 bridgehead atoms. The smallest absolute Gasteiger partial charge is 0.329 e. The van der Waals surface area contributed by atoms with Gasteiger partial charge in [-0.1, -0.05) is 44.6 Å². The summed E-state index contributed by atoms with van der Waals surface area (Å²) >= 11 is 0. The highest BCUT2D eigenvalue weighted by atomic mass is 16.7. The molecular formula is C44H69NO11. The number of hydrogen-bond acceptors (Lipinski definition) is 11. The van der Waals surface area contributed by atoms with Crippen LogP contribution < -0.4 is 0 Å². The Morgan fingerprint density at radius 1 is 0.911 bits per heavy atom. The minimum Gasteiger partial charge on any atom is -0.456 e. The van der Waals surface area contributed by atoms with Crippen LogP contribution in [0.25, 0.3) is 0 Å². The lowest BCUT2D eigenvalue weighted by atomic mass is 9.79. The molecule has 0 aromatic carbocycles. The van der Waals surface area contributed by atoms with E-state index in [1.807, 2.05) is 26.8 Å². The van der Waals surface area contributed by atoms with Crippen molar-refractivity contribution in [2.45, 2.75) is 160 Å². The summed E-state index contributed by atoms with van der Waals surface area (Å²) in [5, 5.41) is 22.7. The third-order valence-corrected chi connectivity index (χ3v) is 12.7. The molecule has 4 rings (SSSR count). The molecule has 3 aliphatic heterocycles. The fourth-order valence-electron chi connectivity index (χ4n) is 9.46. The van der Waals surface area contributed by atoms with Crippen LogP contribution in [0, 0.1) is 29.6 Å². The predicted octanol–water partition coefficient (Wildman–Crippen LogP) is 5.67. The number of piperidine rings is 1. The second kappa shape index (κ2) is 20.8. The molecule has 3 heterocycles. The maximum atomic E-state index is 14.3. The van der Waals surface area contributed by atoms with Gasteiger partial charge in [-0.3, -0.25) is 14.4 Å². The summed E-state index contributed by atoms with van der Waals surface area (Å²) in [7, 11) is 4.65. The monoisotopic (exact) mass is 787 g/mol. The van der Waals surface area contributed by atoms with Crippen LogP contribution in [-0.2, 0) is 42.9 Å². The van der Waals surface area contributed by atoms with E-state index in [-0.39, 0.29) is 42.4 Å². The van der Waals surface area contributed by atoms with Crippen LogP contribution in [0.1, 0.15) is 112 Å². The molecule has 2 saturated heterocycles. The molecular weight excluding hydrogens is 718 g/mol. The van der Waals surface area contributed by atoms with Gasteiger partial charge in [0.25, 0.3) is 11.7 Å². The van der Waals surface area contributed by atoms with Crippen LogP contribution in [0.15, 0.2) is 36.0 Å². The average Bonchev–Trinajstić information content (AvgIpc) is 3.17. The highest BCUT2D eigenvalue weighted by Crippen LogP contribution is 2.39. The number of nitrogens with zero attached hydrogens (tertiary/aromatic N) is 1. The number of amides is 1. The van der Waals surface area contributed by atoms with Gasteiger partial charge in [0.1, 0.15) is 24.0 Å². The lowest BCUT2D eigenvalue weighted by molar-refractivity contribution is -0.302. The molecule has 2 N–H and O–H groups in total. The number of esters is 1. The number of fused-ring (bicyclic) bond motifs is 3. The molecule has 4 aliphatic rings. The number of hydrogen-bond donors (Lipinski definition) is 2. The second-order valence-electron chi connectivity index (χ2n) is 17.2. The first-order chi connectivity index (χ1) is 26.6. The summed E-state index contributed by atoms with van der Waals surface area (Å²) in [5.41, 5.74) is 1.87. The first-order valence-electron chi connectivity index (χ1n) is 20.8. The minimum atomic E-state index is -2.48. The van der Waals surface area contributed by atoms with Crippen LogP contribution in [0.2, 0.25) is 0 Å². The van der Waals surface area contributed by atoms with Crippen molar-refractivity contribution in [3.8, 4) is 0 Å². The molecule has 3 fully saturated rings. The largest absolute Gasteiger partial charge is 0.456 e. The van der Waals surface area contributed by atoms with Gasteiger partial charge in [-0.05, 0) is 102 Å². The molecule has 12 nitrogen and oxygen atoms in total. The van der Waals surface area contributed by atoms with Gasteiger partial charge in [-0.25, -0.2) is 4.79 Å². The summed E-state index contributed by atoms with van der Waals surface area (Å²) in [6.07, 6.45) is 8.03. The predicted molar refractivity (Wildman–Crippen MR) is 211 cm³/mol. The molecule has 0 radical (unpaired) electrons. The number of Topliss-reactive ketones (excluding diaryl/α,β-unsaturated/α-hetero) is 2. The Morgan fingerprint density at radius 2 is 1.59 bits per heavy atom. The number of aliphatic hydroxyl groups excluding tert-OH is 1. The first kappa shape index (κ1) is 46.0. The highest BCUT2D eigenvalue weighted by Gasteiger charge is 2.56. The first-order valence-corrected chi connectivity index (χ1v) is 20.8. The van der Waals surface area contributed by atoms with Crippen LogP contribution in [-0.4, -0.2) is 115 Å². The third-order valence-electron chi connectivity index (χ3n) is 12.7. The van der Waals surface area contributed by atoms with Crippen LogP contribution in [0.5, 0.6) is 0 Å². The van der Waals surface area contributed by atoms with Crippen molar-refractivity contribution in [1.82, 2.24) is 4.90 Å². The van der Waals surface area contributed by atoms with Gasteiger partial charge >= 0.3 is 5.97 Å². The molecule has 1 aliphatic carbocycles. The van der Waals surface area contributed by atoms with E-state index < -0.39 is 72.0 Å². The number of carbonyl (C=O) groups is 4. The van der Waals surface area contributed by atoms with Gasteiger partial charge in [0.2, 0.25) is 5.79 Å². The van der Waals surface area contributed by atoms with Crippen molar-refractivity contribution < 1.29 is 53.1 Å². The molecule has 2 unspecified atom stereocenters. The van der Waals surface area contributed by atoms with Crippen LogP contribution in [0.3, 0.4) is 0 Å². The van der Waals surface area contributed by atoms with E-state index in [1.54, 1.807) is 34.3 Å². The fraction of sp³-hybridized carbons (Fsp3) is 0.773. The van der Waals surface area contributed by atoms with Gasteiger partial charge in [0.15, 0.2) is 0 Å². The van der Waals surface area contributed by atoms with E-state index in [0.717, 1.165) is 11.1 Å². The summed E-state index contributed by atoms with van der Waals surface area (Å²) in [5.74, 6) is -6.35. The number of ketones is 2. The zero-order valence-corrected chi connectivity index (χ0v) is 35.1. The molecule has 56 heavy (non-hydrogen) atoms. The average molecular weight is 788 g/mol. The SMILES string of the molecule is C=CCC1/C=C(\C)C[C@@H](C)C[C@H](OC)[C@H]2O[C@@](O)(C(=O)C(=O)N3CCCC[C@H]3C(=O)OC([C@H]3CC[C@H](O)[C@@H](OC)C3)/C(C)=C/[C@H](C)CCC1=O)[C@H](C)C[C@@H]2OC. The molecule has 0 aromatic rings. The normalized spacial score (nSPS) is 41.1. The fourth-order valence-corrected chi connectivity index (χ4v) is 9.46. The molecule has 12 heteroatoms. The van der Waals surface area contributed by atoms with E-state index >= 15 is 0 Å². The Kier molecular flexibility index (Phi) is 17.1. The number of rotatable bonds is 6. The zero-order valence-electron chi connectivity index (χ0n) is 35.1. The third kappa shape index (κ3) is 11.0. The Hall–Kier alpha value is -2.74. The molecule has 0 spiro atoms. The highest BCUT2D eigenvalue weighted by molar-refractivity contribution is 6.39. The van der Waals surface area contributed by atoms with E-state index in [2.05, 4.69) is 19.6 Å². The number of methoxy groups -OCH3 is 3. The molecule has 1 saturated carbocycles. The van der Waals surface area contributed by atoms with Crippen molar-refractivity contribution in [1.29, 1.82) is 0 Å². The van der Waals surface area contributed by atoms with Crippen molar-refractivity contribution in [3.63, 3.8) is 0 Å². The van der Waals surface area contributed by atoms with E-state index in [9.17, 15) is 29.4 Å². The van der Waals surface area contributed by atoms with Gasteiger partial charge in [-0.15, -0.1) is 6.58 Å². The van der Waals surface area contributed by atoms with Crippen molar-refractivity contribution in [2.24, 2.45) is 29.6 Å². The summed E-state index contributed by atoms with van der Waals surface area (Å²) < 4.78 is 30.0. The Morgan fingerprint density at radius 3 is 2.25 bits per heavy atom. The van der Waals surface area contributed by atoms with Crippen molar-refractivity contribution >= 4 is 23.4 Å². The van der Waals surface area contributed by atoms with E-state index in [4.69, 9.17) is 23.7 Å². The minimum absolute atomic E-state index is 0.0157. The standard InChI is InChI=1S/C44H69NO11/c1-10-13-31-22-27(3)20-28(4)23-37(53-8)40-38(54-9)24-30(6)44(51,56-40)41(48)42(49)45-19-12-11-14-33(45)43(50)55-39(29(5)21-26(2)15-17-34(31)46)32-16-18-35(47)36(25-32)52-7/h10,21-22,26,28,30-33,35-40,47,51H,1,11-20,23-25H2,2-9H3/b27-22+,29-21+/t26-,28-,30-,31?,32+,33+,35+,36+,37+,38+,39?,40-,44-/m1/s1. The molecule has 0 aromatic heterocycles. The number of cyclic esters (lactones) is 1. The second-order valence-corrected chi connectivity index (χ2v) is 17.2. The van der Waals surface area contributed by atoms with Gasteiger partial charge < -0.3 is 38.8 Å². The van der Waals surface area contributed by atoms with E-state index in [0.29, 0.717) is 70.6 Å². The molecule has 13 atom stereocenters. The molecule has 1 amide bonds. The summed E-state index contributed by atoms with van der Waals surface area (Å²) in [6, 6.07) is -1.05. The topological polar surface area (TPSA) is 158 Å². The number of aliphatic hydroxyl groups is 2. The van der Waals surface area contributed by atoms with Gasteiger partial charge in [-0.2, -0.15) is 0 Å². The maximum absolute atomic E-state index is 14.3. The lowest BCUT2D eigenvalue weighted by Crippen LogP contribution is -2.64. The number of allylic oxidation sites excluding steroid dienone is 4. The molecule has 316 valence electrons. The van der Waals surface area contributed by atoms with Crippen molar-refractivity contribution in [3.05, 3.63) is 36.0 Å². The Bertz CT molecular complexity index is 1440. The Labute approximate surface area is 334 Å². The maximum Gasteiger partial charge on any atom is 0.329 e.